The van der Waals surface area contributed by atoms with Gasteiger partial charge in [0.1, 0.15) is 5.82 Å². The van der Waals surface area contributed by atoms with Crippen molar-refractivity contribution in [3.8, 4) is 0 Å². The van der Waals surface area contributed by atoms with Gasteiger partial charge in [-0.15, -0.1) is 0 Å². The van der Waals surface area contributed by atoms with Crippen LogP contribution in [0.15, 0.2) is 53.0 Å². The lowest BCUT2D eigenvalue weighted by atomic mass is 10.1. The molecule has 2 N–H and O–H groups in total. The third-order valence-corrected chi connectivity index (χ3v) is 3.35. The standard InChI is InChI=1S/C15H14BrFN2O/c1-10(11-2-4-12(16)5-3-11)18-15(20)19-14-8-6-13(17)7-9-14/h2-10H,1H3,(H2,18,19,20)/t10-/m0/s1. The zero-order valence-electron chi connectivity index (χ0n) is 10.9. The summed E-state index contributed by atoms with van der Waals surface area (Å²) < 4.78 is 13.7. The number of carbonyl (C=O) groups is 1. The number of rotatable bonds is 3. The van der Waals surface area contributed by atoms with Gasteiger partial charge >= 0.3 is 6.03 Å². The normalized spacial score (nSPS) is 11.8. The average molecular weight is 337 g/mol. The molecule has 0 aliphatic heterocycles. The number of amides is 2. The highest BCUT2D eigenvalue weighted by Gasteiger charge is 2.09. The lowest BCUT2D eigenvalue weighted by molar-refractivity contribution is 0.249. The molecule has 5 heteroatoms. The number of urea groups is 1. The van der Waals surface area contributed by atoms with Crippen molar-refractivity contribution in [1.82, 2.24) is 5.32 Å². The van der Waals surface area contributed by atoms with E-state index in [4.69, 9.17) is 0 Å². The molecular weight excluding hydrogens is 323 g/mol. The Morgan fingerprint density at radius 1 is 1.10 bits per heavy atom. The summed E-state index contributed by atoms with van der Waals surface area (Å²) in [6.07, 6.45) is 0. The van der Waals surface area contributed by atoms with Crippen molar-refractivity contribution in [2.45, 2.75) is 13.0 Å². The van der Waals surface area contributed by atoms with Gasteiger partial charge in [-0.25, -0.2) is 9.18 Å². The molecule has 0 saturated carbocycles. The number of hydrogen-bond acceptors (Lipinski definition) is 1. The maximum absolute atomic E-state index is 12.8. The Morgan fingerprint density at radius 3 is 2.30 bits per heavy atom. The van der Waals surface area contributed by atoms with Crippen LogP contribution in [0.5, 0.6) is 0 Å². The fourth-order valence-electron chi connectivity index (χ4n) is 1.73. The summed E-state index contributed by atoms with van der Waals surface area (Å²) in [7, 11) is 0. The monoisotopic (exact) mass is 336 g/mol. The van der Waals surface area contributed by atoms with Gasteiger partial charge in [-0.05, 0) is 48.9 Å². The van der Waals surface area contributed by atoms with Gasteiger partial charge < -0.3 is 10.6 Å². The van der Waals surface area contributed by atoms with Crippen molar-refractivity contribution in [2.75, 3.05) is 5.32 Å². The van der Waals surface area contributed by atoms with Crippen LogP contribution in [0.3, 0.4) is 0 Å². The first-order chi connectivity index (χ1) is 9.54. The second kappa shape index (κ2) is 6.52. The molecule has 0 aliphatic carbocycles. The minimum Gasteiger partial charge on any atom is -0.331 e. The predicted molar refractivity (Wildman–Crippen MR) is 81.1 cm³/mol. The Balaban J connectivity index is 1.93. The van der Waals surface area contributed by atoms with Gasteiger partial charge in [0.15, 0.2) is 0 Å². The summed E-state index contributed by atoms with van der Waals surface area (Å²) in [6.45, 7) is 1.90. The molecule has 0 bridgehead atoms. The highest BCUT2D eigenvalue weighted by molar-refractivity contribution is 9.10. The first-order valence-electron chi connectivity index (χ1n) is 6.13. The van der Waals surface area contributed by atoms with E-state index >= 15 is 0 Å². The van der Waals surface area contributed by atoms with Crippen molar-refractivity contribution < 1.29 is 9.18 Å². The van der Waals surface area contributed by atoms with Gasteiger partial charge in [0, 0.05) is 10.2 Å². The van der Waals surface area contributed by atoms with E-state index in [1.807, 2.05) is 31.2 Å². The van der Waals surface area contributed by atoms with Crippen LogP contribution >= 0.6 is 15.9 Å². The smallest absolute Gasteiger partial charge is 0.319 e. The molecule has 0 spiro atoms. The zero-order chi connectivity index (χ0) is 14.5. The molecular formula is C15H14BrFN2O. The second-order valence-corrected chi connectivity index (χ2v) is 5.29. The predicted octanol–water partition coefficient (Wildman–Crippen LogP) is 4.47. The Bertz CT molecular complexity index is 584. The molecule has 0 radical (unpaired) electrons. The number of nitrogens with one attached hydrogen (secondary N) is 2. The van der Waals surface area contributed by atoms with E-state index < -0.39 is 0 Å². The molecule has 0 aromatic heterocycles. The van der Waals surface area contributed by atoms with Crippen LogP contribution < -0.4 is 10.6 Å². The summed E-state index contributed by atoms with van der Waals surface area (Å²) in [5.41, 5.74) is 1.55. The summed E-state index contributed by atoms with van der Waals surface area (Å²) in [5, 5.41) is 5.47. The average Bonchev–Trinajstić information content (AvgIpc) is 2.42. The van der Waals surface area contributed by atoms with Crippen LogP contribution in [0.4, 0.5) is 14.9 Å². The number of anilines is 1. The van der Waals surface area contributed by atoms with Crippen molar-refractivity contribution in [1.29, 1.82) is 0 Å². The van der Waals surface area contributed by atoms with Crippen molar-refractivity contribution in [3.05, 3.63) is 64.4 Å². The van der Waals surface area contributed by atoms with E-state index in [9.17, 15) is 9.18 Å². The van der Waals surface area contributed by atoms with Crippen LogP contribution in [0.1, 0.15) is 18.5 Å². The summed E-state index contributed by atoms with van der Waals surface area (Å²) in [5.74, 6) is -0.334. The zero-order valence-corrected chi connectivity index (χ0v) is 12.4. The molecule has 0 aliphatic rings. The first kappa shape index (κ1) is 14.5. The molecule has 20 heavy (non-hydrogen) atoms. The fourth-order valence-corrected chi connectivity index (χ4v) is 2.00. The Labute approximate surface area is 125 Å². The summed E-state index contributed by atoms with van der Waals surface area (Å²) in [6, 6.07) is 12.9. The van der Waals surface area contributed by atoms with E-state index in [1.165, 1.54) is 24.3 Å². The Morgan fingerprint density at radius 2 is 1.70 bits per heavy atom. The minimum atomic E-state index is -0.334. The molecule has 2 rings (SSSR count). The van der Waals surface area contributed by atoms with Crippen molar-refractivity contribution in [2.24, 2.45) is 0 Å². The van der Waals surface area contributed by atoms with E-state index in [1.54, 1.807) is 0 Å². The Hall–Kier alpha value is -1.88. The Kier molecular flexibility index (Phi) is 4.74. The van der Waals surface area contributed by atoms with E-state index in [0.29, 0.717) is 5.69 Å². The van der Waals surface area contributed by atoms with Gasteiger partial charge in [-0.3, -0.25) is 0 Å². The number of hydrogen-bond donors (Lipinski definition) is 2. The molecule has 0 heterocycles. The fraction of sp³-hybridized carbons (Fsp3) is 0.133. The third kappa shape index (κ3) is 4.06. The lowest BCUT2D eigenvalue weighted by Gasteiger charge is -2.15. The molecule has 104 valence electrons. The molecule has 0 saturated heterocycles. The number of carbonyl (C=O) groups excluding carboxylic acids is 1. The van der Waals surface area contributed by atoms with Crippen LogP contribution in [0.2, 0.25) is 0 Å². The van der Waals surface area contributed by atoms with Gasteiger partial charge in [-0.2, -0.15) is 0 Å². The first-order valence-corrected chi connectivity index (χ1v) is 6.92. The van der Waals surface area contributed by atoms with Gasteiger partial charge in [0.25, 0.3) is 0 Å². The maximum Gasteiger partial charge on any atom is 0.319 e. The number of halogens is 2. The molecule has 0 fully saturated rings. The molecule has 3 nitrogen and oxygen atoms in total. The van der Waals surface area contributed by atoms with E-state index in [0.717, 1.165) is 10.0 Å². The molecule has 2 aromatic rings. The van der Waals surface area contributed by atoms with Gasteiger partial charge in [0.2, 0.25) is 0 Å². The van der Waals surface area contributed by atoms with Crippen LogP contribution in [-0.2, 0) is 0 Å². The SMILES string of the molecule is C[C@H](NC(=O)Nc1ccc(F)cc1)c1ccc(Br)cc1. The largest absolute Gasteiger partial charge is 0.331 e. The third-order valence-electron chi connectivity index (χ3n) is 2.82. The van der Waals surface area contributed by atoms with Crippen LogP contribution in [0, 0.1) is 5.82 Å². The number of benzene rings is 2. The highest BCUT2D eigenvalue weighted by atomic mass is 79.9. The van der Waals surface area contributed by atoms with Gasteiger partial charge in [0.05, 0.1) is 6.04 Å². The quantitative estimate of drug-likeness (QED) is 0.852. The molecule has 1 atom stereocenters. The van der Waals surface area contributed by atoms with Gasteiger partial charge in [-0.1, -0.05) is 28.1 Å². The summed E-state index contributed by atoms with van der Waals surface area (Å²) in [4.78, 5) is 11.8. The highest BCUT2D eigenvalue weighted by Crippen LogP contribution is 2.16. The lowest BCUT2D eigenvalue weighted by Crippen LogP contribution is -2.31. The molecule has 2 amide bonds. The van der Waals surface area contributed by atoms with Crippen molar-refractivity contribution in [3.63, 3.8) is 0 Å². The van der Waals surface area contributed by atoms with Crippen LogP contribution in [0.25, 0.3) is 0 Å². The topological polar surface area (TPSA) is 41.1 Å². The second-order valence-electron chi connectivity index (χ2n) is 4.38. The molecule has 0 unspecified atom stereocenters. The molecule has 2 aromatic carbocycles. The van der Waals surface area contributed by atoms with Crippen molar-refractivity contribution >= 4 is 27.6 Å². The maximum atomic E-state index is 12.8. The minimum absolute atomic E-state index is 0.122. The summed E-state index contributed by atoms with van der Waals surface area (Å²) >= 11 is 3.37. The van der Waals surface area contributed by atoms with E-state index in [2.05, 4.69) is 26.6 Å². The van der Waals surface area contributed by atoms with Crippen LogP contribution in [-0.4, -0.2) is 6.03 Å². The van der Waals surface area contributed by atoms with E-state index in [-0.39, 0.29) is 17.9 Å².